The SMILES string of the molecule is ClCCCN1C2=CCC=CCC2Sc2ccc(SI)cc21. The summed E-state index contributed by atoms with van der Waals surface area (Å²) in [6.45, 7) is 1.01. The maximum absolute atomic E-state index is 5.94. The van der Waals surface area contributed by atoms with Crippen molar-refractivity contribution in [2.45, 2.75) is 34.3 Å². The van der Waals surface area contributed by atoms with Crippen LogP contribution in [0.1, 0.15) is 19.3 Å². The fourth-order valence-electron chi connectivity index (χ4n) is 2.77. The third-order valence-electron chi connectivity index (χ3n) is 3.72. The van der Waals surface area contributed by atoms with Gasteiger partial charge in [0, 0.05) is 49.1 Å². The minimum atomic E-state index is 0.546. The van der Waals surface area contributed by atoms with Crippen LogP contribution in [0.2, 0.25) is 0 Å². The van der Waals surface area contributed by atoms with E-state index < -0.39 is 0 Å². The number of rotatable bonds is 4. The lowest BCUT2D eigenvalue weighted by Crippen LogP contribution is -2.33. The molecule has 3 rings (SSSR count). The molecule has 2 aliphatic rings. The topological polar surface area (TPSA) is 3.24 Å². The molecule has 21 heavy (non-hydrogen) atoms. The third kappa shape index (κ3) is 3.59. The zero-order valence-corrected chi connectivity index (χ0v) is 16.1. The summed E-state index contributed by atoms with van der Waals surface area (Å²) < 4.78 is 0. The second-order valence-electron chi connectivity index (χ2n) is 5.08. The Morgan fingerprint density at radius 3 is 3.10 bits per heavy atom. The van der Waals surface area contributed by atoms with E-state index in [-0.39, 0.29) is 0 Å². The number of hydrogen-bond acceptors (Lipinski definition) is 3. The highest BCUT2D eigenvalue weighted by Crippen LogP contribution is 2.47. The second-order valence-corrected chi connectivity index (χ2v) is 8.65. The number of thioether (sulfide) groups is 1. The van der Waals surface area contributed by atoms with Crippen LogP contribution in [-0.4, -0.2) is 17.7 Å². The summed E-state index contributed by atoms with van der Waals surface area (Å²) in [5.41, 5.74) is 2.83. The molecule has 5 heteroatoms. The van der Waals surface area contributed by atoms with Crippen molar-refractivity contribution in [3.63, 3.8) is 0 Å². The summed E-state index contributed by atoms with van der Waals surface area (Å²) in [6, 6.07) is 6.83. The van der Waals surface area contributed by atoms with Gasteiger partial charge in [-0.1, -0.05) is 27.2 Å². The van der Waals surface area contributed by atoms with Crippen molar-refractivity contribution in [3.05, 3.63) is 42.1 Å². The molecule has 1 aliphatic carbocycles. The van der Waals surface area contributed by atoms with Gasteiger partial charge in [-0.3, -0.25) is 0 Å². The number of nitrogens with zero attached hydrogens (tertiary/aromatic N) is 1. The molecule has 1 aromatic rings. The molecule has 0 saturated heterocycles. The quantitative estimate of drug-likeness (QED) is 0.303. The third-order valence-corrected chi connectivity index (χ3v) is 7.26. The zero-order valence-electron chi connectivity index (χ0n) is 11.6. The van der Waals surface area contributed by atoms with Crippen LogP contribution in [0.25, 0.3) is 0 Å². The van der Waals surface area contributed by atoms with Crippen LogP contribution in [0.15, 0.2) is 51.9 Å². The van der Waals surface area contributed by atoms with Crippen LogP contribution < -0.4 is 4.90 Å². The molecule has 0 radical (unpaired) electrons. The highest BCUT2D eigenvalue weighted by molar-refractivity contribution is 14.2. The predicted molar refractivity (Wildman–Crippen MR) is 105 cm³/mol. The monoisotopic (exact) mass is 449 g/mol. The van der Waals surface area contributed by atoms with E-state index >= 15 is 0 Å². The fourth-order valence-corrected chi connectivity index (χ4v) is 5.28. The summed E-state index contributed by atoms with van der Waals surface area (Å²) >= 11 is 10.3. The molecule has 0 N–H and O–H groups in total. The molecule has 1 aliphatic heterocycles. The smallest absolute Gasteiger partial charge is 0.0558 e. The minimum Gasteiger partial charge on any atom is -0.343 e. The molecule has 0 saturated carbocycles. The van der Waals surface area contributed by atoms with Gasteiger partial charge in [-0.15, -0.1) is 23.4 Å². The largest absolute Gasteiger partial charge is 0.343 e. The molecule has 1 heterocycles. The first-order valence-electron chi connectivity index (χ1n) is 7.11. The lowest BCUT2D eigenvalue weighted by molar-refractivity contribution is 0.792. The average molecular weight is 450 g/mol. The molecule has 1 unspecified atom stereocenters. The van der Waals surface area contributed by atoms with E-state index in [1.54, 1.807) is 8.93 Å². The fraction of sp³-hybridized carbons (Fsp3) is 0.375. The van der Waals surface area contributed by atoms with Crippen molar-refractivity contribution in [2.75, 3.05) is 17.3 Å². The maximum Gasteiger partial charge on any atom is 0.0558 e. The highest BCUT2D eigenvalue weighted by atomic mass is 127. The molecule has 0 fully saturated rings. The van der Waals surface area contributed by atoms with E-state index in [0.29, 0.717) is 5.25 Å². The predicted octanol–water partition coefficient (Wildman–Crippen LogP) is 6.27. The number of fused-ring (bicyclic) bond motifs is 2. The van der Waals surface area contributed by atoms with Gasteiger partial charge in [-0.25, -0.2) is 0 Å². The molecule has 1 aromatic carbocycles. The lowest BCUT2D eigenvalue weighted by Gasteiger charge is -2.38. The molecule has 0 spiro atoms. The zero-order chi connectivity index (χ0) is 14.7. The van der Waals surface area contributed by atoms with E-state index in [9.17, 15) is 0 Å². The van der Waals surface area contributed by atoms with Crippen LogP contribution in [0.3, 0.4) is 0 Å². The molecule has 0 aromatic heterocycles. The van der Waals surface area contributed by atoms with Crippen LogP contribution in [0, 0.1) is 0 Å². The van der Waals surface area contributed by atoms with Gasteiger partial charge in [0.05, 0.1) is 10.9 Å². The normalized spacial score (nSPS) is 20.6. The number of benzene rings is 1. The molecule has 0 bridgehead atoms. The van der Waals surface area contributed by atoms with E-state index in [2.05, 4.69) is 62.5 Å². The minimum absolute atomic E-state index is 0.546. The second kappa shape index (κ2) is 7.66. The van der Waals surface area contributed by atoms with Crippen molar-refractivity contribution in [2.24, 2.45) is 0 Å². The lowest BCUT2D eigenvalue weighted by atomic mass is 10.1. The Morgan fingerprint density at radius 1 is 1.38 bits per heavy atom. The van der Waals surface area contributed by atoms with Crippen LogP contribution in [0.5, 0.6) is 0 Å². The Labute approximate surface area is 152 Å². The van der Waals surface area contributed by atoms with Gasteiger partial charge in [-0.2, -0.15) is 0 Å². The highest BCUT2D eigenvalue weighted by Gasteiger charge is 2.29. The molecule has 0 amide bonds. The van der Waals surface area contributed by atoms with Crippen molar-refractivity contribution in [1.82, 2.24) is 0 Å². The van der Waals surface area contributed by atoms with E-state index in [1.807, 2.05) is 11.8 Å². The number of halogens is 2. The molecule has 1 atom stereocenters. The number of allylic oxidation sites excluding steroid dienone is 3. The Morgan fingerprint density at radius 2 is 2.29 bits per heavy atom. The Bertz CT molecular complexity index is 573. The van der Waals surface area contributed by atoms with Gasteiger partial charge in [0.25, 0.3) is 0 Å². The summed E-state index contributed by atoms with van der Waals surface area (Å²) in [4.78, 5) is 5.22. The number of alkyl halides is 1. The molecule has 1 nitrogen and oxygen atoms in total. The molecular formula is C16H17ClINS2. The van der Waals surface area contributed by atoms with Gasteiger partial charge >= 0.3 is 0 Å². The van der Waals surface area contributed by atoms with E-state index in [0.717, 1.165) is 31.7 Å². The number of hydrogen-bond donors (Lipinski definition) is 0. The molecular weight excluding hydrogens is 433 g/mol. The Kier molecular flexibility index (Phi) is 5.87. The Hall–Kier alpha value is 0.220. The first-order chi connectivity index (χ1) is 10.3. The number of anilines is 1. The van der Waals surface area contributed by atoms with Crippen molar-refractivity contribution < 1.29 is 0 Å². The summed E-state index contributed by atoms with van der Waals surface area (Å²) in [6.07, 6.45) is 10.2. The first kappa shape index (κ1) is 16.1. The van der Waals surface area contributed by atoms with E-state index in [1.165, 1.54) is 21.2 Å². The summed E-state index contributed by atoms with van der Waals surface area (Å²) in [7, 11) is 1.78. The standard InChI is InChI=1S/C16H17ClINS2/c17-9-4-10-19-13-5-2-1-3-6-15(13)20-16-8-7-12(21-18)11-14(16)19/h1,3,5,7-8,11,15H,2,4,6,9-10H2. The average Bonchev–Trinajstić information content (AvgIpc) is 2.76. The van der Waals surface area contributed by atoms with Gasteiger partial charge in [0.2, 0.25) is 0 Å². The Balaban J connectivity index is 2.01. The van der Waals surface area contributed by atoms with Crippen LogP contribution in [0.4, 0.5) is 5.69 Å². The van der Waals surface area contributed by atoms with Crippen molar-refractivity contribution in [3.8, 4) is 0 Å². The van der Waals surface area contributed by atoms with Gasteiger partial charge in [0.1, 0.15) is 0 Å². The van der Waals surface area contributed by atoms with Crippen LogP contribution >= 0.6 is 53.5 Å². The summed E-state index contributed by atoms with van der Waals surface area (Å²) in [5, 5.41) is 0.546. The molecule has 112 valence electrons. The van der Waals surface area contributed by atoms with Crippen LogP contribution in [-0.2, 0) is 0 Å². The van der Waals surface area contributed by atoms with Gasteiger partial charge < -0.3 is 4.90 Å². The van der Waals surface area contributed by atoms with E-state index in [4.69, 9.17) is 11.6 Å². The van der Waals surface area contributed by atoms with Gasteiger partial charge in [0.15, 0.2) is 0 Å². The first-order valence-corrected chi connectivity index (χ1v) is 11.9. The van der Waals surface area contributed by atoms with Crippen molar-refractivity contribution in [1.29, 1.82) is 0 Å². The maximum atomic E-state index is 5.94. The van der Waals surface area contributed by atoms with Gasteiger partial charge in [-0.05, 0) is 37.5 Å². The van der Waals surface area contributed by atoms with Crippen molar-refractivity contribution >= 4 is 59.2 Å². The summed E-state index contributed by atoms with van der Waals surface area (Å²) in [5.74, 6) is 0.718.